The van der Waals surface area contributed by atoms with Crippen molar-refractivity contribution >= 4 is 11.6 Å². The molecule has 2 unspecified atom stereocenters. The van der Waals surface area contributed by atoms with Crippen molar-refractivity contribution in [3.63, 3.8) is 0 Å². The van der Waals surface area contributed by atoms with Gasteiger partial charge >= 0.3 is 0 Å². The molecule has 0 radical (unpaired) electrons. The number of anilines is 1. The predicted molar refractivity (Wildman–Crippen MR) is 87.0 cm³/mol. The molecule has 1 aromatic rings. The Bertz CT molecular complexity index is 475. The molecule has 1 heterocycles. The number of piperidine rings is 1. The smallest absolute Gasteiger partial charge is 0.241 e. The quantitative estimate of drug-likeness (QED) is 0.876. The van der Waals surface area contributed by atoms with Gasteiger partial charge in [0.05, 0.1) is 6.04 Å². The van der Waals surface area contributed by atoms with E-state index >= 15 is 0 Å². The summed E-state index contributed by atoms with van der Waals surface area (Å²) in [5.74, 6) is 0.801. The Morgan fingerprint density at radius 2 is 2.33 bits per heavy atom. The molecular weight excluding hydrogens is 262 g/mol. The standard InChI is InChI=1S/C17H27N3O/c1-3-14-7-5-9-20(12-14)13(2)17(21)19-16-8-4-6-15(10-16)11-18/h4,6,8,10,13-14H,3,5,7,9,11-12,18H2,1-2H3,(H,19,21). The van der Waals surface area contributed by atoms with Crippen LogP contribution in [0.5, 0.6) is 0 Å². The molecule has 1 amide bonds. The van der Waals surface area contributed by atoms with Gasteiger partial charge in [0.2, 0.25) is 5.91 Å². The van der Waals surface area contributed by atoms with Crippen molar-refractivity contribution in [3.8, 4) is 0 Å². The third-order valence-electron chi connectivity index (χ3n) is 4.49. The highest BCUT2D eigenvalue weighted by Crippen LogP contribution is 2.21. The fraction of sp³-hybridized carbons (Fsp3) is 0.588. The zero-order valence-electron chi connectivity index (χ0n) is 13.1. The summed E-state index contributed by atoms with van der Waals surface area (Å²) in [6.07, 6.45) is 3.68. The number of hydrogen-bond donors (Lipinski definition) is 2. The van der Waals surface area contributed by atoms with E-state index in [1.807, 2.05) is 31.2 Å². The lowest BCUT2D eigenvalue weighted by Gasteiger charge is -2.35. The van der Waals surface area contributed by atoms with Crippen LogP contribution in [0.3, 0.4) is 0 Å². The molecule has 4 heteroatoms. The number of likely N-dealkylation sites (tertiary alicyclic amines) is 1. The third-order valence-corrected chi connectivity index (χ3v) is 4.49. The van der Waals surface area contributed by atoms with Gasteiger partial charge < -0.3 is 11.1 Å². The summed E-state index contributed by atoms with van der Waals surface area (Å²) < 4.78 is 0. The van der Waals surface area contributed by atoms with Crippen LogP contribution in [-0.4, -0.2) is 29.9 Å². The van der Waals surface area contributed by atoms with Crippen molar-refractivity contribution in [2.24, 2.45) is 11.7 Å². The van der Waals surface area contributed by atoms with Gasteiger partial charge in [-0.05, 0) is 49.9 Å². The maximum absolute atomic E-state index is 12.4. The maximum atomic E-state index is 12.4. The van der Waals surface area contributed by atoms with Crippen LogP contribution in [0.1, 0.15) is 38.7 Å². The van der Waals surface area contributed by atoms with Crippen molar-refractivity contribution in [2.75, 3.05) is 18.4 Å². The fourth-order valence-electron chi connectivity index (χ4n) is 2.97. The normalized spacial score (nSPS) is 21.0. The number of nitrogens with two attached hydrogens (primary N) is 1. The zero-order chi connectivity index (χ0) is 15.2. The minimum atomic E-state index is -0.0825. The van der Waals surface area contributed by atoms with E-state index in [0.29, 0.717) is 6.54 Å². The van der Waals surface area contributed by atoms with E-state index in [0.717, 1.165) is 30.3 Å². The molecular formula is C17H27N3O. The van der Waals surface area contributed by atoms with Gasteiger partial charge in [0.15, 0.2) is 0 Å². The molecule has 1 saturated heterocycles. The first-order valence-corrected chi connectivity index (χ1v) is 7.98. The first kappa shape index (κ1) is 16.0. The van der Waals surface area contributed by atoms with Gasteiger partial charge in [-0.3, -0.25) is 9.69 Å². The van der Waals surface area contributed by atoms with Crippen LogP contribution in [0.15, 0.2) is 24.3 Å². The molecule has 1 aliphatic heterocycles. The van der Waals surface area contributed by atoms with Crippen LogP contribution in [0.4, 0.5) is 5.69 Å². The van der Waals surface area contributed by atoms with E-state index in [2.05, 4.69) is 17.1 Å². The second kappa shape index (κ2) is 7.57. The molecule has 1 fully saturated rings. The van der Waals surface area contributed by atoms with Gasteiger partial charge in [0, 0.05) is 18.8 Å². The Balaban J connectivity index is 1.95. The van der Waals surface area contributed by atoms with E-state index in [1.54, 1.807) is 0 Å². The maximum Gasteiger partial charge on any atom is 0.241 e. The molecule has 21 heavy (non-hydrogen) atoms. The van der Waals surface area contributed by atoms with Crippen molar-refractivity contribution in [3.05, 3.63) is 29.8 Å². The lowest BCUT2D eigenvalue weighted by molar-refractivity contribution is -0.121. The highest BCUT2D eigenvalue weighted by molar-refractivity contribution is 5.94. The molecule has 2 rings (SSSR count). The van der Waals surface area contributed by atoms with Crippen molar-refractivity contribution in [2.45, 2.75) is 45.7 Å². The predicted octanol–water partition coefficient (Wildman–Crippen LogP) is 2.59. The summed E-state index contributed by atoms with van der Waals surface area (Å²) in [6, 6.07) is 7.66. The number of nitrogens with zero attached hydrogens (tertiary/aromatic N) is 1. The van der Waals surface area contributed by atoms with E-state index in [4.69, 9.17) is 5.73 Å². The van der Waals surface area contributed by atoms with Gasteiger partial charge in [-0.25, -0.2) is 0 Å². The second-order valence-corrected chi connectivity index (χ2v) is 5.98. The Morgan fingerprint density at radius 3 is 3.05 bits per heavy atom. The summed E-state index contributed by atoms with van der Waals surface area (Å²) >= 11 is 0. The van der Waals surface area contributed by atoms with Crippen LogP contribution in [0, 0.1) is 5.92 Å². The molecule has 0 aliphatic carbocycles. The van der Waals surface area contributed by atoms with Gasteiger partial charge in [-0.2, -0.15) is 0 Å². The molecule has 116 valence electrons. The van der Waals surface area contributed by atoms with Crippen molar-refractivity contribution in [1.82, 2.24) is 4.90 Å². The summed E-state index contributed by atoms with van der Waals surface area (Å²) in [5.41, 5.74) is 7.50. The molecule has 2 atom stereocenters. The lowest BCUT2D eigenvalue weighted by atomic mass is 9.94. The van der Waals surface area contributed by atoms with Gasteiger partial charge in [-0.1, -0.05) is 25.5 Å². The number of benzene rings is 1. The molecule has 1 aliphatic rings. The van der Waals surface area contributed by atoms with E-state index in [1.165, 1.54) is 19.3 Å². The van der Waals surface area contributed by atoms with Crippen LogP contribution < -0.4 is 11.1 Å². The molecule has 0 bridgehead atoms. The number of amides is 1. The number of hydrogen-bond acceptors (Lipinski definition) is 3. The molecule has 3 N–H and O–H groups in total. The summed E-state index contributed by atoms with van der Waals surface area (Å²) in [4.78, 5) is 14.7. The van der Waals surface area contributed by atoms with Crippen molar-refractivity contribution in [1.29, 1.82) is 0 Å². The van der Waals surface area contributed by atoms with Crippen LogP contribution in [-0.2, 0) is 11.3 Å². The lowest BCUT2D eigenvalue weighted by Crippen LogP contribution is -2.47. The summed E-state index contributed by atoms with van der Waals surface area (Å²) in [6.45, 7) is 6.78. The van der Waals surface area contributed by atoms with Crippen LogP contribution in [0.2, 0.25) is 0 Å². The average Bonchev–Trinajstić information content (AvgIpc) is 2.54. The third kappa shape index (κ3) is 4.29. The first-order chi connectivity index (χ1) is 10.1. The monoisotopic (exact) mass is 289 g/mol. The summed E-state index contributed by atoms with van der Waals surface area (Å²) in [7, 11) is 0. The molecule has 0 aromatic heterocycles. The first-order valence-electron chi connectivity index (χ1n) is 7.98. The minimum absolute atomic E-state index is 0.0703. The van der Waals surface area contributed by atoms with Crippen molar-refractivity contribution < 1.29 is 4.79 Å². The Labute approximate surface area is 127 Å². The fourth-order valence-corrected chi connectivity index (χ4v) is 2.97. The highest BCUT2D eigenvalue weighted by atomic mass is 16.2. The van der Waals surface area contributed by atoms with Gasteiger partial charge in [-0.15, -0.1) is 0 Å². The van der Waals surface area contributed by atoms with Gasteiger partial charge in [0.1, 0.15) is 0 Å². The molecule has 1 aromatic carbocycles. The number of nitrogens with one attached hydrogen (secondary N) is 1. The van der Waals surface area contributed by atoms with Gasteiger partial charge in [0.25, 0.3) is 0 Å². The number of carbonyl (C=O) groups excluding carboxylic acids is 1. The molecule has 4 nitrogen and oxygen atoms in total. The van der Waals surface area contributed by atoms with Crippen LogP contribution >= 0.6 is 0 Å². The SMILES string of the molecule is CCC1CCCN(C(C)C(=O)Nc2cccc(CN)c2)C1. The Kier molecular flexibility index (Phi) is 5.76. The molecule has 0 spiro atoms. The van der Waals surface area contributed by atoms with E-state index in [-0.39, 0.29) is 11.9 Å². The highest BCUT2D eigenvalue weighted by Gasteiger charge is 2.26. The number of rotatable bonds is 5. The average molecular weight is 289 g/mol. The largest absolute Gasteiger partial charge is 0.326 e. The number of carbonyl (C=O) groups is 1. The van der Waals surface area contributed by atoms with Crippen LogP contribution in [0.25, 0.3) is 0 Å². The van der Waals surface area contributed by atoms with E-state index < -0.39 is 0 Å². The zero-order valence-corrected chi connectivity index (χ0v) is 13.1. The topological polar surface area (TPSA) is 58.4 Å². The Morgan fingerprint density at radius 1 is 1.52 bits per heavy atom. The van der Waals surface area contributed by atoms with E-state index in [9.17, 15) is 4.79 Å². The Hall–Kier alpha value is -1.39. The molecule has 0 saturated carbocycles. The minimum Gasteiger partial charge on any atom is -0.326 e. The summed E-state index contributed by atoms with van der Waals surface area (Å²) in [5, 5.41) is 3.01. The second-order valence-electron chi connectivity index (χ2n) is 5.98.